The van der Waals surface area contributed by atoms with Crippen LogP contribution in [0.25, 0.3) is 0 Å². The number of ether oxygens (including phenoxy) is 1. The molecule has 0 saturated heterocycles. The summed E-state index contributed by atoms with van der Waals surface area (Å²) in [5, 5.41) is 2.98. The zero-order chi connectivity index (χ0) is 16.0. The Morgan fingerprint density at radius 1 is 1.43 bits per heavy atom. The number of halogens is 1. The van der Waals surface area contributed by atoms with Crippen LogP contribution in [0.15, 0.2) is 18.2 Å². The fraction of sp³-hybridized carbons (Fsp3) is 0.562. The van der Waals surface area contributed by atoms with Crippen LogP contribution in [0, 0.1) is 5.82 Å². The van der Waals surface area contributed by atoms with E-state index >= 15 is 0 Å². The molecular weight excluding hydrogens is 271 g/mol. The number of benzene rings is 1. The monoisotopic (exact) mass is 296 g/mol. The van der Waals surface area contributed by atoms with Gasteiger partial charge < -0.3 is 10.1 Å². The lowest BCUT2D eigenvalue weighted by Gasteiger charge is -2.26. The van der Waals surface area contributed by atoms with E-state index in [0.29, 0.717) is 6.54 Å². The first-order valence-corrected chi connectivity index (χ1v) is 7.09. The Hall–Kier alpha value is -1.62. The summed E-state index contributed by atoms with van der Waals surface area (Å²) in [5.41, 5.74) is 0.600. The van der Waals surface area contributed by atoms with Crippen LogP contribution in [0.5, 0.6) is 5.75 Å². The average Bonchev–Trinajstić information content (AvgIpc) is 2.38. The van der Waals surface area contributed by atoms with Crippen LogP contribution in [0.1, 0.15) is 32.8 Å². The van der Waals surface area contributed by atoms with Crippen molar-refractivity contribution in [3.63, 3.8) is 0 Å². The summed E-state index contributed by atoms with van der Waals surface area (Å²) in [6.45, 7) is 6.79. The second-order valence-electron chi connectivity index (χ2n) is 5.93. The molecule has 0 aliphatic heterocycles. The van der Waals surface area contributed by atoms with Crippen molar-refractivity contribution in [2.24, 2.45) is 0 Å². The van der Waals surface area contributed by atoms with Gasteiger partial charge in [-0.2, -0.15) is 0 Å². The summed E-state index contributed by atoms with van der Waals surface area (Å²) >= 11 is 0. The highest BCUT2D eigenvalue weighted by Crippen LogP contribution is 2.18. The number of hydrogen-bond donors (Lipinski definition) is 1. The molecule has 0 saturated carbocycles. The summed E-state index contributed by atoms with van der Waals surface area (Å²) in [5.74, 6) is -0.192. The van der Waals surface area contributed by atoms with E-state index < -0.39 is 0 Å². The first-order chi connectivity index (χ1) is 9.77. The molecule has 0 heterocycles. The zero-order valence-corrected chi connectivity index (χ0v) is 13.5. The first kappa shape index (κ1) is 17.4. The van der Waals surface area contributed by atoms with E-state index in [1.807, 2.05) is 32.7 Å². The Morgan fingerprint density at radius 3 is 2.62 bits per heavy atom. The second-order valence-corrected chi connectivity index (χ2v) is 5.93. The van der Waals surface area contributed by atoms with Gasteiger partial charge >= 0.3 is 0 Å². The minimum atomic E-state index is -0.389. The molecule has 5 heteroatoms. The Balaban J connectivity index is 2.55. The molecular formula is C16H25FN2O2. The van der Waals surface area contributed by atoms with Crippen molar-refractivity contribution >= 4 is 5.91 Å². The van der Waals surface area contributed by atoms with Gasteiger partial charge in [-0.15, -0.1) is 0 Å². The average molecular weight is 296 g/mol. The van der Waals surface area contributed by atoms with E-state index in [4.69, 9.17) is 4.74 Å². The van der Waals surface area contributed by atoms with Gasteiger partial charge in [-0.1, -0.05) is 13.0 Å². The Morgan fingerprint density at radius 2 is 2.10 bits per heavy atom. The van der Waals surface area contributed by atoms with Crippen LogP contribution in [-0.2, 0) is 11.3 Å². The van der Waals surface area contributed by atoms with Gasteiger partial charge in [0, 0.05) is 12.1 Å². The zero-order valence-electron chi connectivity index (χ0n) is 13.5. The lowest BCUT2D eigenvalue weighted by Crippen LogP contribution is -2.46. The SMILES string of the molecule is CCC(C)(C)NC(=O)CN(C)Cc1ccc(OC)c(F)c1. The molecule has 0 atom stereocenters. The van der Waals surface area contributed by atoms with Crippen LogP contribution in [-0.4, -0.2) is 37.0 Å². The van der Waals surface area contributed by atoms with E-state index in [0.717, 1.165) is 12.0 Å². The molecule has 0 aliphatic carbocycles. The van der Waals surface area contributed by atoms with Crippen LogP contribution in [0.4, 0.5) is 4.39 Å². The number of methoxy groups -OCH3 is 1. The molecule has 0 unspecified atom stereocenters. The summed E-state index contributed by atoms with van der Waals surface area (Å²) < 4.78 is 18.5. The molecule has 21 heavy (non-hydrogen) atoms. The summed E-state index contributed by atoms with van der Waals surface area (Å²) in [7, 11) is 3.27. The molecule has 0 aromatic heterocycles. The topological polar surface area (TPSA) is 41.6 Å². The van der Waals surface area contributed by atoms with E-state index in [9.17, 15) is 9.18 Å². The van der Waals surface area contributed by atoms with Gasteiger partial charge in [0.15, 0.2) is 11.6 Å². The molecule has 0 fully saturated rings. The molecule has 0 bridgehead atoms. The van der Waals surface area contributed by atoms with Crippen molar-refractivity contribution in [1.82, 2.24) is 10.2 Å². The first-order valence-electron chi connectivity index (χ1n) is 7.09. The van der Waals surface area contributed by atoms with E-state index in [-0.39, 0.29) is 29.6 Å². The Labute approximate surface area is 126 Å². The van der Waals surface area contributed by atoms with E-state index in [2.05, 4.69) is 5.32 Å². The minimum Gasteiger partial charge on any atom is -0.494 e. The molecule has 0 radical (unpaired) electrons. The summed E-state index contributed by atoms with van der Waals surface area (Å²) in [6.07, 6.45) is 0.867. The van der Waals surface area contributed by atoms with E-state index in [1.165, 1.54) is 13.2 Å². The molecule has 0 spiro atoms. The molecule has 118 valence electrons. The molecule has 1 N–H and O–H groups in total. The van der Waals surface area contributed by atoms with Gasteiger partial charge in [-0.05, 0) is 45.0 Å². The second kappa shape index (κ2) is 7.41. The highest BCUT2D eigenvalue weighted by Gasteiger charge is 2.18. The fourth-order valence-electron chi connectivity index (χ4n) is 1.93. The van der Waals surface area contributed by atoms with Gasteiger partial charge in [-0.3, -0.25) is 9.69 Å². The van der Waals surface area contributed by atoms with Crippen LogP contribution in [0.3, 0.4) is 0 Å². The molecule has 4 nitrogen and oxygen atoms in total. The lowest BCUT2D eigenvalue weighted by molar-refractivity contribution is -0.123. The maximum absolute atomic E-state index is 13.6. The number of rotatable bonds is 7. The summed E-state index contributed by atoms with van der Waals surface area (Å²) in [6, 6.07) is 4.83. The van der Waals surface area contributed by atoms with Crippen molar-refractivity contribution in [2.75, 3.05) is 20.7 Å². The van der Waals surface area contributed by atoms with Gasteiger partial charge in [0.25, 0.3) is 0 Å². The Bertz CT molecular complexity index is 489. The van der Waals surface area contributed by atoms with Crippen molar-refractivity contribution in [2.45, 2.75) is 39.3 Å². The van der Waals surface area contributed by atoms with Crippen LogP contribution in [0.2, 0.25) is 0 Å². The molecule has 1 aromatic carbocycles. The van der Waals surface area contributed by atoms with E-state index in [1.54, 1.807) is 12.1 Å². The van der Waals surface area contributed by atoms with Crippen LogP contribution < -0.4 is 10.1 Å². The molecule has 0 aliphatic rings. The number of carbonyl (C=O) groups excluding carboxylic acids is 1. The predicted octanol–water partition coefficient (Wildman–Crippen LogP) is 2.57. The van der Waals surface area contributed by atoms with Gasteiger partial charge in [0.1, 0.15) is 0 Å². The third-order valence-electron chi connectivity index (χ3n) is 3.44. The number of nitrogens with one attached hydrogen (secondary N) is 1. The maximum Gasteiger partial charge on any atom is 0.234 e. The highest BCUT2D eigenvalue weighted by molar-refractivity contribution is 5.78. The van der Waals surface area contributed by atoms with Gasteiger partial charge in [-0.25, -0.2) is 4.39 Å². The van der Waals surface area contributed by atoms with Crippen molar-refractivity contribution in [3.8, 4) is 5.75 Å². The van der Waals surface area contributed by atoms with Gasteiger partial charge in [0.05, 0.1) is 13.7 Å². The molecule has 1 rings (SSSR count). The number of carbonyl (C=O) groups is 1. The normalized spacial score (nSPS) is 11.6. The van der Waals surface area contributed by atoms with Crippen molar-refractivity contribution in [1.29, 1.82) is 0 Å². The number of nitrogens with zero attached hydrogens (tertiary/aromatic N) is 1. The lowest BCUT2D eigenvalue weighted by atomic mass is 10.0. The van der Waals surface area contributed by atoms with Gasteiger partial charge in [0.2, 0.25) is 5.91 Å². The maximum atomic E-state index is 13.6. The van der Waals surface area contributed by atoms with Crippen molar-refractivity contribution < 1.29 is 13.9 Å². The predicted molar refractivity (Wildman–Crippen MR) is 81.8 cm³/mol. The highest BCUT2D eigenvalue weighted by atomic mass is 19.1. The molecule has 1 aromatic rings. The number of hydrogen-bond acceptors (Lipinski definition) is 3. The quantitative estimate of drug-likeness (QED) is 0.841. The largest absolute Gasteiger partial charge is 0.494 e. The fourth-order valence-corrected chi connectivity index (χ4v) is 1.93. The smallest absolute Gasteiger partial charge is 0.234 e. The number of amides is 1. The third kappa shape index (κ3) is 5.71. The third-order valence-corrected chi connectivity index (χ3v) is 3.44. The Kier molecular flexibility index (Phi) is 6.15. The van der Waals surface area contributed by atoms with Crippen LogP contribution >= 0.6 is 0 Å². The van der Waals surface area contributed by atoms with Crippen molar-refractivity contribution in [3.05, 3.63) is 29.6 Å². The molecule has 1 amide bonds. The number of likely N-dealkylation sites (N-methyl/N-ethyl adjacent to an activating group) is 1. The minimum absolute atomic E-state index is 0.0293. The standard InChI is InChI=1S/C16H25FN2O2/c1-6-16(2,3)18-15(20)11-19(4)10-12-7-8-14(21-5)13(17)9-12/h7-9H,6,10-11H2,1-5H3,(H,18,20). The summed E-state index contributed by atoms with van der Waals surface area (Å²) in [4.78, 5) is 13.8.